The van der Waals surface area contributed by atoms with E-state index in [-0.39, 0.29) is 6.04 Å². The topological polar surface area (TPSA) is 20.3 Å². The molecule has 2 atom stereocenters. The van der Waals surface area contributed by atoms with E-state index >= 15 is 0 Å². The molecule has 0 spiro atoms. The van der Waals surface area contributed by atoms with Crippen LogP contribution in [0.1, 0.15) is 39.0 Å². The Labute approximate surface area is 91.6 Å². The van der Waals surface area contributed by atoms with Crippen molar-refractivity contribution in [2.45, 2.75) is 51.1 Å². The number of nitrogens with zero attached hydrogens (tertiary/aromatic N) is 1. The van der Waals surface area contributed by atoms with E-state index in [9.17, 15) is 4.79 Å². The molecule has 0 aromatic rings. The van der Waals surface area contributed by atoms with E-state index in [0.29, 0.717) is 18.4 Å². The number of fused-ring (bicyclic) bond motifs is 1. The van der Waals surface area contributed by atoms with Crippen molar-refractivity contribution < 1.29 is 4.79 Å². The Morgan fingerprint density at radius 2 is 2.20 bits per heavy atom. The third kappa shape index (κ3) is 1.62. The largest absolute Gasteiger partial charge is 0.332 e. The van der Waals surface area contributed by atoms with Crippen LogP contribution in [0.5, 0.6) is 0 Å². The van der Waals surface area contributed by atoms with Gasteiger partial charge in [0.1, 0.15) is 0 Å². The first-order valence-corrected chi connectivity index (χ1v) is 5.83. The summed E-state index contributed by atoms with van der Waals surface area (Å²) < 4.78 is 0. The third-order valence-corrected chi connectivity index (χ3v) is 3.69. The molecule has 2 rings (SSSR count). The highest BCUT2D eigenvalue weighted by Crippen LogP contribution is 2.36. The van der Waals surface area contributed by atoms with Gasteiger partial charge in [0.15, 0.2) is 0 Å². The Balaban J connectivity index is 2.29. The predicted molar refractivity (Wildman–Crippen MR) is 61.5 cm³/mol. The van der Waals surface area contributed by atoms with Gasteiger partial charge in [-0.3, -0.25) is 4.79 Å². The molecule has 2 saturated heterocycles. The second-order valence-electron chi connectivity index (χ2n) is 4.60. The van der Waals surface area contributed by atoms with Crippen LogP contribution >= 0.6 is 0 Å². The van der Waals surface area contributed by atoms with E-state index in [1.54, 1.807) is 0 Å². The van der Waals surface area contributed by atoms with Gasteiger partial charge in [-0.1, -0.05) is 20.1 Å². The van der Waals surface area contributed by atoms with E-state index in [4.69, 9.17) is 0 Å². The summed E-state index contributed by atoms with van der Waals surface area (Å²) in [5.74, 6) is 0.312. The van der Waals surface area contributed by atoms with Gasteiger partial charge in [-0.05, 0) is 36.8 Å². The second kappa shape index (κ2) is 3.84. The third-order valence-electron chi connectivity index (χ3n) is 3.69. The Kier molecular flexibility index (Phi) is 2.68. The number of carbonyl (C=O) groups excluding carboxylic acids is 1. The smallest absolute Gasteiger partial charge is 0.223 e. The molecule has 2 aliphatic rings. The van der Waals surface area contributed by atoms with Crippen molar-refractivity contribution >= 4 is 5.91 Å². The Morgan fingerprint density at radius 3 is 2.87 bits per heavy atom. The van der Waals surface area contributed by atoms with Gasteiger partial charge in [0.05, 0.1) is 6.04 Å². The van der Waals surface area contributed by atoms with Gasteiger partial charge < -0.3 is 4.90 Å². The SMILES string of the molecule is C=C1C[C@H](CC)N2C(=O)CCC[C@H]2C1=C. The van der Waals surface area contributed by atoms with Crippen molar-refractivity contribution in [1.29, 1.82) is 0 Å². The molecule has 0 saturated carbocycles. The molecule has 2 fully saturated rings. The average Bonchev–Trinajstić information content (AvgIpc) is 2.23. The molecule has 82 valence electrons. The normalized spacial score (nSPS) is 31.8. The lowest BCUT2D eigenvalue weighted by atomic mass is 9.82. The molecule has 1 amide bonds. The number of piperidine rings is 2. The number of rotatable bonds is 1. The molecule has 0 aliphatic carbocycles. The number of amides is 1. The van der Waals surface area contributed by atoms with Gasteiger partial charge in [-0.2, -0.15) is 0 Å². The first-order valence-electron chi connectivity index (χ1n) is 5.83. The van der Waals surface area contributed by atoms with Gasteiger partial charge in [0.2, 0.25) is 5.91 Å². The first kappa shape index (κ1) is 10.5. The molecule has 15 heavy (non-hydrogen) atoms. The average molecular weight is 205 g/mol. The van der Waals surface area contributed by atoms with Crippen molar-refractivity contribution in [3.05, 3.63) is 24.3 Å². The molecular weight excluding hydrogens is 186 g/mol. The maximum atomic E-state index is 11.9. The highest BCUT2D eigenvalue weighted by atomic mass is 16.2. The van der Waals surface area contributed by atoms with E-state index in [1.807, 2.05) is 0 Å². The van der Waals surface area contributed by atoms with Gasteiger partial charge in [0.25, 0.3) is 0 Å². The summed E-state index contributed by atoms with van der Waals surface area (Å²) in [6.45, 7) is 10.3. The van der Waals surface area contributed by atoms with Crippen molar-refractivity contribution in [2.75, 3.05) is 0 Å². The Hall–Kier alpha value is -1.05. The molecule has 0 aromatic carbocycles. The highest BCUT2D eigenvalue weighted by Gasteiger charge is 2.38. The fourth-order valence-corrected chi connectivity index (χ4v) is 2.78. The second-order valence-corrected chi connectivity index (χ2v) is 4.60. The van der Waals surface area contributed by atoms with Crippen LogP contribution in [0, 0.1) is 0 Å². The minimum absolute atomic E-state index is 0.248. The fourth-order valence-electron chi connectivity index (χ4n) is 2.78. The number of carbonyl (C=O) groups is 1. The quantitative estimate of drug-likeness (QED) is 0.644. The summed E-state index contributed by atoms with van der Waals surface area (Å²) in [6.07, 6.45) is 4.72. The Morgan fingerprint density at radius 1 is 1.47 bits per heavy atom. The number of hydrogen-bond acceptors (Lipinski definition) is 1. The van der Waals surface area contributed by atoms with Crippen LogP contribution < -0.4 is 0 Å². The zero-order chi connectivity index (χ0) is 11.0. The van der Waals surface area contributed by atoms with Crippen molar-refractivity contribution in [1.82, 2.24) is 4.90 Å². The fraction of sp³-hybridized carbons (Fsp3) is 0.615. The van der Waals surface area contributed by atoms with Gasteiger partial charge in [0, 0.05) is 12.5 Å². The maximum Gasteiger partial charge on any atom is 0.223 e. The zero-order valence-electron chi connectivity index (χ0n) is 9.46. The Bertz CT molecular complexity index is 318. The van der Waals surface area contributed by atoms with Crippen LogP contribution in [0.2, 0.25) is 0 Å². The van der Waals surface area contributed by atoms with Crippen LogP contribution in [-0.4, -0.2) is 22.9 Å². The maximum absolute atomic E-state index is 11.9. The van der Waals surface area contributed by atoms with E-state index in [1.165, 1.54) is 0 Å². The summed E-state index contributed by atoms with van der Waals surface area (Å²) in [5.41, 5.74) is 2.24. The predicted octanol–water partition coefficient (Wildman–Crippen LogP) is 2.66. The van der Waals surface area contributed by atoms with Crippen molar-refractivity contribution in [3.8, 4) is 0 Å². The lowest BCUT2D eigenvalue weighted by molar-refractivity contribution is -0.139. The summed E-state index contributed by atoms with van der Waals surface area (Å²) in [5, 5.41) is 0. The molecule has 0 bridgehead atoms. The van der Waals surface area contributed by atoms with Crippen LogP contribution in [0.15, 0.2) is 24.3 Å². The molecule has 0 aromatic heterocycles. The molecule has 2 heteroatoms. The van der Waals surface area contributed by atoms with Crippen LogP contribution in [0.3, 0.4) is 0 Å². The molecule has 2 nitrogen and oxygen atoms in total. The van der Waals surface area contributed by atoms with Crippen LogP contribution in [-0.2, 0) is 4.79 Å². The summed E-state index contributed by atoms with van der Waals surface area (Å²) in [4.78, 5) is 14.0. The van der Waals surface area contributed by atoms with Gasteiger partial charge in [-0.25, -0.2) is 0 Å². The standard InChI is InChI=1S/C13H19NO/c1-4-11-8-9(2)10(3)12-6-5-7-13(15)14(11)12/h11-12H,2-8H2,1H3/t11-,12-/m0/s1. The number of hydrogen-bond donors (Lipinski definition) is 0. The molecule has 2 aliphatic heterocycles. The van der Waals surface area contributed by atoms with E-state index < -0.39 is 0 Å². The first-order chi connectivity index (χ1) is 7.15. The lowest BCUT2D eigenvalue weighted by Crippen LogP contribution is -2.53. The van der Waals surface area contributed by atoms with Crippen LogP contribution in [0.4, 0.5) is 0 Å². The monoisotopic (exact) mass is 205 g/mol. The molecule has 0 unspecified atom stereocenters. The van der Waals surface area contributed by atoms with Crippen molar-refractivity contribution in [3.63, 3.8) is 0 Å². The highest BCUT2D eigenvalue weighted by molar-refractivity contribution is 5.79. The van der Waals surface area contributed by atoms with E-state index in [0.717, 1.165) is 36.8 Å². The molecular formula is C13H19NO. The van der Waals surface area contributed by atoms with Crippen molar-refractivity contribution in [2.24, 2.45) is 0 Å². The van der Waals surface area contributed by atoms with E-state index in [2.05, 4.69) is 25.0 Å². The minimum atomic E-state index is 0.248. The van der Waals surface area contributed by atoms with Gasteiger partial charge in [-0.15, -0.1) is 0 Å². The van der Waals surface area contributed by atoms with Crippen LogP contribution in [0.25, 0.3) is 0 Å². The molecule has 0 radical (unpaired) electrons. The lowest BCUT2D eigenvalue weighted by Gasteiger charge is -2.46. The minimum Gasteiger partial charge on any atom is -0.332 e. The zero-order valence-corrected chi connectivity index (χ0v) is 9.46. The summed E-state index contributed by atoms with van der Waals surface area (Å²) >= 11 is 0. The molecule has 2 heterocycles. The molecule has 0 N–H and O–H groups in total. The summed E-state index contributed by atoms with van der Waals surface area (Å²) in [6, 6.07) is 0.609. The summed E-state index contributed by atoms with van der Waals surface area (Å²) in [7, 11) is 0. The van der Waals surface area contributed by atoms with Gasteiger partial charge >= 0.3 is 0 Å².